The minimum absolute atomic E-state index is 0.255. The monoisotopic (exact) mass is 790 g/mol. The van der Waals surface area contributed by atoms with Gasteiger partial charge < -0.3 is 9.52 Å². The molecule has 55 heavy (non-hydrogen) atoms. The Morgan fingerprint density at radius 3 is 1.96 bits per heavy atom. The summed E-state index contributed by atoms with van der Waals surface area (Å²) in [5.74, 6) is 0.119. The molecule has 0 aliphatic rings. The lowest BCUT2D eigenvalue weighted by molar-refractivity contribution is 0.0682. The normalized spacial score (nSPS) is 11.7. The zero-order chi connectivity index (χ0) is 37.9. The Balaban J connectivity index is 1.22. The molecule has 3 heterocycles. The van der Waals surface area contributed by atoms with Gasteiger partial charge in [0.15, 0.2) is 5.54 Å². The third-order valence-corrected chi connectivity index (χ3v) is 11.0. The van der Waals surface area contributed by atoms with Crippen LogP contribution in [-0.4, -0.2) is 41.1 Å². The van der Waals surface area contributed by atoms with E-state index in [1.165, 1.54) is 0 Å². The summed E-state index contributed by atoms with van der Waals surface area (Å²) in [7, 11) is 0. The Bertz CT molecular complexity index is 2500. The molecule has 5 aromatic carbocycles. The zero-order valence-electron chi connectivity index (χ0n) is 30.6. The van der Waals surface area contributed by atoms with Crippen molar-refractivity contribution in [3.63, 3.8) is 0 Å². The number of fused-ring (bicyclic) bond motifs is 1. The number of aromatic nitrogens is 6. The molecular weight excluding hydrogens is 752 g/mol. The first kappa shape index (κ1) is 35.9. The highest BCUT2D eigenvalue weighted by Gasteiger charge is 2.41. The topological polar surface area (TPSA) is 112 Å². The van der Waals surface area contributed by atoms with E-state index in [0.29, 0.717) is 30.1 Å². The predicted molar refractivity (Wildman–Crippen MR) is 217 cm³/mol. The average Bonchev–Trinajstić information content (AvgIpc) is 3.95. The first-order valence-electron chi connectivity index (χ1n) is 18.5. The van der Waals surface area contributed by atoms with E-state index in [-0.39, 0.29) is 5.69 Å². The highest BCUT2D eigenvalue weighted by Crippen LogP contribution is 2.43. The van der Waals surface area contributed by atoms with Crippen LogP contribution in [0, 0.1) is 0 Å². The van der Waals surface area contributed by atoms with Crippen LogP contribution in [0.3, 0.4) is 0 Å². The molecule has 0 saturated carbocycles. The van der Waals surface area contributed by atoms with Crippen LogP contribution in [0.25, 0.3) is 33.7 Å². The van der Waals surface area contributed by atoms with Gasteiger partial charge in [-0.15, -0.1) is 15.0 Å². The molecule has 0 aliphatic heterocycles. The number of carbonyl (C=O) groups is 1. The quantitative estimate of drug-likeness (QED) is 0.116. The molecule has 9 nitrogen and oxygen atoms in total. The number of tetrazole rings is 1. The number of hydrogen-bond acceptors (Lipinski definition) is 6. The second-order valence-corrected chi connectivity index (χ2v) is 14.3. The van der Waals surface area contributed by atoms with Gasteiger partial charge in [0.25, 0.3) is 0 Å². The molecule has 0 radical (unpaired) electrons. The second-order valence-electron chi connectivity index (χ2n) is 13.5. The van der Waals surface area contributed by atoms with E-state index in [9.17, 15) is 9.90 Å². The largest absolute Gasteiger partial charge is 0.477 e. The summed E-state index contributed by atoms with van der Waals surface area (Å²) in [6, 6.07) is 44.7. The Hall–Kier alpha value is -6.13. The smallest absolute Gasteiger partial charge is 0.354 e. The first-order valence-corrected chi connectivity index (χ1v) is 19.3. The number of rotatable bonds is 13. The van der Waals surface area contributed by atoms with Crippen LogP contribution in [-0.2, 0) is 24.9 Å². The van der Waals surface area contributed by atoms with Crippen LogP contribution in [0.4, 0.5) is 0 Å². The third kappa shape index (κ3) is 6.46. The van der Waals surface area contributed by atoms with Crippen LogP contribution >= 0.6 is 15.9 Å². The number of halogens is 1. The van der Waals surface area contributed by atoms with Crippen LogP contribution in [0.2, 0.25) is 0 Å². The molecule has 0 aliphatic carbocycles. The van der Waals surface area contributed by atoms with Crippen LogP contribution in [0.15, 0.2) is 142 Å². The number of unbranched alkanes of at least 4 members (excludes halogenated alkanes) is 1. The molecule has 0 amide bonds. The van der Waals surface area contributed by atoms with E-state index in [0.717, 1.165) is 73.8 Å². The van der Waals surface area contributed by atoms with Crippen molar-refractivity contribution in [3.05, 3.63) is 177 Å². The number of hydrogen-bond donors (Lipinski definition) is 1. The number of carboxylic acid groups (broad SMARTS) is 1. The van der Waals surface area contributed by atoms with Crippen LogP contribution in [0.1, 0.15) is 70.7 Å². The van der Waals surface area contributed by atoms with E-state index in [1.54, 1.807) is 9.48 Å². The lowest BCUT2D eigenvalue weighted by atomic mass is 9.77. The van der Waals surface area contributed by atoms with Gasteiger partial charge >= 0.3 is 5.97 Å². The van der Waals surface area contributed by atoms with Crippen molar-refractivity contribution in [1.29, 1.82) is 0 Å². The SMILES string of the molecule is CCCCc1nn(CC)c(C(=O)O)c1Cc1ccc2oc(-c3ccccc3-c3nnn(C(c4ccccc4)(c4ccccc4)c4ccccc4)n3)c(Br)c2c1. The fraction of sp³-hybridized carbons (Fsp3) is 0.178. The Kier molecular flexibility index (Phi) is 9.99. The Labute approximate surface area is 327 Å². The molecular formula is C45H39BrN6O3. The van der Waals surface area contributed by atoms with Gasteiger partial charge in [-0.05, 0) is 75.3 Å². The zero-order valence-corrected chi connectivity index (χ0v) is 32.1. The molecule has 3 aromatic heterocycles. The molecule has 10 heteroatoms. The number of benzene rings is 5. The highest BCUT2D eigenvalue weighted by molar-refractivity contribution is 9.10. The number of furan rings is 1. The van der Waals surface area contributed by atoms with E-state index >= 15 is 0 Å². The summed E-state index contributed by atoms with van der Waals surface area (Å²) < 4.78 is 8.95. The molecule has 0 spiro atoms. The molecule has 0 unspecified atom stereocenters. The van der Waals surface area contributed by atoms with Gasteiger partial charge in [0.1, 0.15) is 17.0 Å². The standard InChI is InChI=1S/C45H39BrN6O3/c1-3-5-25-38-36(41(44(53)54)51(4-2)48-38)28-30-26-27-39-37(29-30)40(46)42(55-39)34-23-15-16-24-35(34)43-47-50-52(49-43)45(31-17-9-6-10-18-31,32-19-11-7-12-20-32)33-21-13-8-14-22-33/h6-24,26-27,29H,3-5,25,28H2,1-2H3,(H,53,54). The Morgan fingerprint density at radius 1 is 0.782 bits per heavy atom. The summed E-state index contributed by atoms with van der Waals surface area (Å²) in [4.78, 5) is 14.2. The lowest BCUT2D eigenvalue weighted by Gasteiger charge is -2.34. The third-order valence-electron chi connectivity index (χ3n) is 10.2. The fourth-order valence-corrected chi connectivity index (χ4v) is 8.18. The van der Waals surface area contributed by atoms with Crippen molar-refractivity contribution >= 4 is 32.9 Å². The maximum atomic E-state index is 12.4. The van der Waals surface area contributed by atoms with Crippen molar-refractivity contribution in [1.82, 2.24) is 30.0 Å². The van der Waals surface area contributed by atoms with Gasteiger partial charge in [-0.25, -0.2) is 4.79 Å². The number of aromatic carboxylic acids is 1. The van der Waals surface area contributed by atoms with E-state index < -0.39 is 11.5 Å². The Morgan fingerprint density at radius 2 is 1.38 bits per heavy atom. The molecule has 0 atom stereocenters. The molecule has 274 valence electrons. The molecule has 8 rings (SSSR count). The van der Waals surface area contributed by atoms with Crippen molar-refractivity contribution < 1.29 is 14.3 Å². The van der Waals surface area contributed by atoms with Gasteiger partial charge in [0.05, 0.1) is 10.2 Å². The van der Waals surface area contributed by atoms with Crippen molar-refractivity contribution in [2.24, 2.45) is 0 Å². The molecule has 1 N–H and O–H groups in total. The fourth-order valence-electron chi connectivity index (χ4n) is 7.57. The van der Waals surface area contributed by atoms with Gasteiger partial charge in [0.2, 0.25) is 5.82 Å². The number of aryl methyl sites for hydroxylation is 2. The summed E-state index contributed by atoms with van der Waals surface area (Å²) in [6.45, 7) is 4.54. The minimum Gasteiger partial charge on any atom is -0.477 e. The summed E-state index contributed by atoms with van der Waals surface area (Å²) in [6.07, 6.45) is 3.12. The van der Waals surface area contributed by atoms with E-state index in [2.05, 4.69) is 65.3 Å². The van der Waals surface area contributed by atoms with Gasteiger partial charge in [-0.3, -0.25) is 4.68 Å². The van der Waals surface area contributed by atoms with E-state index in [4.69, 9.17) is 24.9 Å². The summed E-state index contributed by atoms with van der Waals surface area (Å²) in [5.41, 5.74) is 7.16. The maximum Gasteiger partial charge on any atom is 0.354 e. The number of carboxylic acids is 1. The maximum absolute atomic E-state index is 12.4. The van der Waals surface area contributed by atoms with Crippen LogP contribution in [0.5, 0.6) is 0 Å². The second kappa shape index (κ2) is 15.3. The average molecular weight is 792 g/mol. The first-order chi connectivity index (χ1) is 26.9. The van der Waals surface area contributed by atoms with Gasteiger partial charge in [0, 0.05) is 35.0 Å². The number of nitrogens with zero attached hydrogens (tertiary/aromatic N) is 6. The van der Waals surface area contributed by atoms with Crippen molar-refractivity contribution in [3.8, 4) is 22.7 Å². The van der Waals surface area contributed by atoms with Gasteiger partial charge in [-0.2, -0.15) is 5.10 Å². The van der Waals surface area contributed by atoms with E-state index in [1.807, 2.05) is 97.9 Å². The van der Waals surface area contributed by atoms with Crippen molar-refractivity contribution in [2.45, 2.75) is 51.6 Å². The predicted octanol–water partition coefficient (Wildman–Crippen LogP) is 10.2. The highest BCUT2D eigenvalue weighted by atomic mass is 79.9. The van der Waals surface area contributed by atoms with Gasteiger partial charge in [-0.1, -0.05) is 135 Å². The lowest BCUT2D eigenvalue weighted by Crippen LogP contribution is -2.39. The summed E-state index contributed by atoms with van der Waals surface area (Å²) >= 11 is 3.88. The minimum atomic E-state index is -0.962. The van der Waals surface area contributed by atoms with Crippen LogP contribution < -0.4 is 0 Å². The summed E-state index contributed by atoms with van der Waals surface area (Å²) in [5, 5.41) is 30.4. The van der Waals surface area contributed by atoms with Crippen molar-refractivity contribution in [2.75, 3.05) is 0 Å². The molecule has 8 aromatic rings. The molecule has 0 saturated heterocycles. The molecule has 0 bridgehead atoms. The molecule has 0 fully saturated rings.